The fraction of sp³-hybridized carbons (Fsp3) is 0.333. The Morgan fingerprint density at radius 2 is 2.08 bits per heavy atom. The molecule has 0 unspecified atom stereocenters. The third-order valence-electron chi connectivity index (χ3n) is 1.08. The van der Waals surface area contributed by atoms with Crippen LogP contribution < -0.4 is 4.74 Å². The summed E-state index contributed by atoms with van der Waals surface area (Å²) in [5.41, 5.74) is 0.513. The van der Waals surface area contributed by atoms with E-state index in [0.29, 0.717) is 11.3 Å². The van der Waals surface area contributed by atoms with E-state index in [4.69, 9.17) is 10.00 Å². The summed E-state index contributed by atoms with van der Waals surface area (Å²) in [6.07, 6.45) is 3.04. The van der Waals surface area contributed by atoms with Gasteiger partial charge in [0.05, 0.1) is 18.9 Å². The predicted octanol–water partition coefficient (Wildman–Crippen LogP) is 1.99. The summed E-state index contributed by atoms with van der Waals surface area (Å²) in [6.45, 7) is 4.00. The third-order valence-corrected chi connectivity index (χ3v) is 1.08. The van der Waals surface area contributed by atoms with Gasteiger partial charge in [0.2, 0.25) is 0 Å². The Morgan fingerprint density at radius 3 is 2.58 bits per heavy atom. The smallest absolute Gasteiger partial charge is 0.138 e. The largest absolute Gasteiger partial charge is 0.495 e. The van der Waals surface area contributed by atoms with Gasteiger partial charge >= 0.3 is 0 Å². The number of nitriles is 1. The van der Waals surface area contributed by atoms with Crippen molar-refractivity contribution in [2.75, 3.05) is 7.11 Å². The molecule has 1 aromatic heterocycles. The first-order valence-corrected chi connectivity index (χ1v) is 3.76. The molecule has 3 nitrogen and oxygen atoms in total. The molecule has 0 aliphatic carbocycles. The van der Waals surface area contributed by atoms with Gasteiger partial charge in [0, 0.05) is 12.3 Å². The molecule has 12 heavy (non-hydrogen) atoms. The van der Waals surface area contributed by atoms with Crippen LogP contribution in [-0.4, -0.2) is 12.1 Å². The zero-order chi connectivity index (χ0) is 9.40. The molecule has 1 rings (SSSR count). The van der Waals surface area contributed by atoms with Crippen LogP contribution in [0.25, 0.3) is 0 Å². The van der Waals surface area contributed by atoms with E-state index in [-0.39, 0.29) is 0 Å². The van der Waals surface area contributed by atoms with Gasteiger partial charge < -0.3 is 4.74 Å². The van der Waals surface area contributed by atoms with Crippen LogP contribution in [0.3, 0.4) is 0 Å². The average molecular weight is 164 g/mol. The fourth-order valence-electron chi connectivity index (χ4n) is 0.592. The second kappa shape index (κ2) is 6.17. The number of aromatic nitrogens is 1. The number of hydrogen-bond acceptors (Lipinski definition) is 3. The lowest BCUT2D eigenvalue weighted by molar-refractivity contribution is 0.412. The third kappa shape index (κ3) is 3.02. The van der Waals surface area contributed by atoms with Crippen LogP contribution in [0.15, 0.2) is 18.5 Å². The minimum Gasteiger partial charge on any atom is -0.495 e. The van der Waals surface area contributed by atoms with Crippen molar-refractivity contribution >= 4 is 0 Å². The Labute approximate surface area is 72.6 Å². The Morgan fingerprint density at radius 1 is 1.42 bits per heavy atom. The lowest BCUT2D eigenvalue weighted by atomic mass is 10.3. The van der Waals surface area contributed by atoms with E-state index >= 15 is 0 Å². The summed E-state index contributed by atoms with van der Waals surface area (Å²) in [5, 5.41) is 8.41. The molecule has 1 aromatic rings. The van der Waals surface area contributed by atoms with Crippen molar-refractivity contribution < 1.29 is 4.74 Å². The van der Waals surface area contributed by atoms with Gasteiger partial charge in [-0.1, -0.05) is 13.8 Å². The van der Waals surface area contributed by atoms with Gasteiger partial charge in [-0.15, -0.1) is 0 Å². The van der Waals surface area contributed by atoms with Crippen molar-refractivity contribution in [1.82, 2.24) is 4.98 Å². The molecule has 0 saturated heterocycles. The molecule has 0 N–H and O–H groups in total. The first-order valence-electron chi connectivity index (χ1n) is 3.76. The van der Waals surface area contributed by atoms with Crippen LogP contribution in [-0.2, 0) is 0 Å². The van der Waals surface area contributed by atoms with E-state index in [0.717, 1.165) is 0 Å². The Hall–Kier alpha value is -1.56. The van der Waals surface area contributed by atoms with Crippen LogP contribution in [0.2, 0.25) is 0 Å². The zero-order valence-electron chi connectivity index (χ0n) is 7.53. The van der Waals surface area contributed by atoms with E-state index in [9.17, 15) is 0 Å². The maximum atomic E-state index is 8.41. The van der Waals surface area contributed by atoms with Crippen molar-refractivity contribution in [2.24, 2.45) is 0 Å². The van der Waals surface area contributed by atoms with Crippen molar-refractivity contribution in [3.63, 3.8) is 0 Å². The van der Waals surface area contributed by atoms with Gasteiger partial charge in [0.1, 0.15) is 11.8 Å². The van der Waals surface area contributed by atoms with E-state index in [1.807, 2.05) is 19.9 Å². The molecule has 0 spiro atoms. The first-order chi connectivity index (χ1) is 5.86. The standard InChI is InChI=1S/C7H6N2O.C2H6/c1-10-7-2-6(3-8)4-9-5-7;1-2/h2,4-5H,1H3;1-2H3. The summed E-state index contributed by atoms with van der Waals surface area (Å²) in [5.74, 6) is 0.610. The highest BCUT2D eigenvalue weighted by Crippen LogP contribution is 2.08. The molecule has 0 amide bonds. The molecule has 3 heteroatoms. The summed E-state index contributed by atoms with van der Waals surface area (Å²) < 4.78 is 4.84. The molecule has 64 valence electrons. The molecule has 0 aromatic carbocycles. The number of ether oxygens (including phenoxy) is 1. The number of hydrogen-bond donors (Lipinski definition) is 0. The van der Waals surface area contributed by atoms with Crippen molar-refractivity contribution in [1.29, 1.82) is 5.26 Å². The topological polar surface area (TPSA) is 45.9 Å². The average Bonchev–Trinajstić information content (AvgIpc) is 2.21. The molecule has 0 atom stereocenters. The molecule has 1 heterocycles. The van der Waals surface area contributed by atoms with Crippen molar-refractivity contribution in [3.8, 4) is 11.8 Å². The number of rotatable bonds is 1. The second-order valence-corrected chi connectivity index (χ2v) is 1.73. The highest BCUT2D eigenvalue weighted by atomic mass is 16.5. The van der Waals surface area contributed by atoms with Gasteiger partial charge in [-0.3, -0.25) is 4.98 Å². The number of nitrogens with zero attached hydrogens (tertiary/aromatic N) is 2. The van der Waals surface area contributed by atoms with Crippen LogP contribution in [0, 0.1) is 11.3 Å². The van der Waals surface area contributed by atoms with Gasteiger partial charge in [-0.25, -0.2) is 0 Å². The number of pyridine rings is 1. The van der Waals surface area contributed by atoms with Crippen molar-refractivity contribution in [2.45, 2.75) is 13.8 Å². The van der Waals surface area contributed by atoms with Crippen molar-refractivity contribution in [3.05, 3.63) is 24.0 Å². The summed E-state index contributed by atoms with van der Waals surface area (Å²) in [6, 6.07) is 3.59. The molecular formula is C9H12N2O. The first kappa shape index (κ1) is 10.4. The lowest BCUT2D eigenvalue weighted by Crippen LogP contribution is -1.84. The minimum absolute atomic E-state index is 0.513. The monoisotopic (exact) mass is 164 g/mol. The molecule has 0 aliphatic heterocycles. The summed E-state index contributed by atoms with van der Waals surface area (Å²) in [4.78, 5) is 3.78. The quantitative estimate of drug-likeness (QED) is 0.637. The SMILES string of the molecule is CC.COc1cncc(C#N)c1. The van der Waals surface area contributed by atoms with E-state index in [1.165, 1.54) is 13.3 Å². The predicted molar refractivity (Wildman–Crippen MR) is 46.9 cm³/mol. The normalized spacial score (nSPS) is 7.50. The maximum absolute atomic E-state index is 8.41. The van der Waals surface area contributed by atoms with Crippen LogP contribution in [0.1, 0.15) is 19.4 Å². The summed E-state index contributed by atoms with van der Waals surface area (Å²) >= 11 is 0. The lowest BCUT2D eigenvalue weighted by Gasteiger charge is -1.95. The minimum atomic E-state index is 0.513. The van der Waals surface area contributed by atoms with Gasteiger partial charge in [0.25, 0.3) is 0 Å². The molecular weight excluding hydrogens is 152 g/mol. The maximum Gasteiger partial charge on any atom is 0.138 e. The number of methoxy groups -OCH3 is 1. The molecule has 0 aliphatic rings. The molecule has 0 bridgehead atoms. The van der Waals surface area contributed by atoms with Gasteiger partial charge in [-0.2, -0.15) is 5.26 Å². The van der Waals surface area contributed by atoms with E-state index in [1.54, 1.807) is 12.3 Å². The highest BCUT2D eigenvalue weighted by molar-refractivity contribution is 5.32. The van der Waals surface area contributed by atoms with Gasteiger partial charge in [0.15, 0.2) is 0 Å². The van der Waals surface area contributed by atoms with Crippen LogP contribution in [0.4, 0.5) is 0 Å². The fourth-order valence-corrected chi connectivity index (χ4v) is 0.592. The van der Waals surface area contributed by atoms with E-state index in [2.05, 4.69) is 4.98 Å². The molecule has 0 fully saturated rings. The molecule has 0 saturated carbocycles. The Kier molecular flexibility index (Phi) is 5.37. The van der Waals surface area contributed by atoms with Crippen LogP contribution >= 0.6 is 0 Å². The Balaban J connectivity index is 0.000000561. The zero-order valence-corrected chi connectivity index (χ0v) is 7.53. The highest BCUT2D eigenvalue weighted by Gasteiger charge is 1.92. The van der Waals surface area contributed by atoms with E-state index < -0.39 is 0 Å². The second-order valence-electron chi connectivity index (χ2n) is 1.73. The summed E-state index contributed by atoms with van der Waals surface area (Å²) in [7, 11) is 1.54. The Bertz CT molecular complexity index is 265. The van der Waals surface area contributed by atoms with Crippen LogP contribution in [0.5, 0.6) is 5.75 Å². The van der Waals surface area contributed by atoms with Gasteiger partial charge in [-0.05, 0) is 0 Å². The molecule has 0 radical (unpaired) electrons.